The Labute approximate surface area is 110 Å². The molecule has 0 amide bonds. The first-order valence-corrected chi connectivity index (χ1v) is 6.70. The molecular weight excluding hydrogens is 224 g/mol. The van der Waals surface area contributed by atoms with E-state index in [0.29, 0.717) is 5.41 Å². The number of hydrogen-bond acceptors (Lipinski definition) is 3. The lowest BCUT2D eigenvalue weighted by Gasteiger charge is -2.38. The molecule has 1 aromatic rings. The fourth-order valence-electron chi connectivity index (χ4n) is 2.48. The van der Waals surface area contributed by atoms with Gasteiger partial charge in [-0.05, 0) is 55.6 Å². The van der Waals surface area contributed by atoms with Crippen molar-refractivity contribution in [1.29, 1.82) is 0 Å². The maximum Gasteiger partial charge on any atom is 0.119 e. The van der Waals surface area contributed by atoms with Crippen LogP contribution in [0, 0.1) is 5.41 Å². The lowest BCUT2D eigenvalue weighted by atomic mass is 9.80. The molecule has 2 N–H and O–H groups in total. The Kier molecular flexibility index (Phi) is 4.25. The fourth-order valence-corrected chi connectivity index (χ4v) is 2.48. The van der Waals surface area contributed by atoms with Crippen LogP contribution in [0.4, 0.5) is 0 Å². The molecule has 0 bridgehead atoms. The molecule has 1 aromatic carbocycles. The minimum absolute atomic E-state index is 0.352. The van der Waals surface area contributed by atoms with E-state index >= 15 is 0 Å². The van der Waals surface area contributed by atoms with Crippen LogP contribution in [0.15, 0.2) is 24.3 Å². The molecule has 0 aliphatic carbocycles. The molecule has 0 aromatic heterocycles. The van der Waals surface area contributed by atoms with Gasteiger partial charge in [0, 0.05) is 6.54 Å². The SMILES string of the molecule is COc1cccc(CN2CCC(C)(CN)CC2)c1. The number of piperidine rings is 1. The molecule has 0 spiro atoms. The van der Waals surface area contributed by atoms with Crippen LogP contribution in [0.3, 0.4) is 0 Å². The number of benzene rings is 1. The van der Waals surface area contributed by atoms with Crippen LogP contribution in [0.1, 0.15) is 25.3 Å². The van der Waals surface area contributed by atoms with Crippen LogP contribution in [0.2, 0.25) is 0 Å². The summed E-state index contributed by atoms with van der Waals surface area (Å²) in [7, 11) is 1.71. The highest BCUT2D eigenvalue weighted by Crippen LogP contribution is 2.30. The molecule has 1 heterocycles. The highest BCUT2D eigenvalue weighted by atomic mass is 16.5. The van der Waals surface area contributed by atoms with Gasteiger partial charge in [-0.2, -0.15) is 0 Å². The summed E-state index contributed by atoms with van der Waals surface area (Å²) in [6.45, 7) is 6.41. The molecular formula is C15H24N2O. The Morgan fingerprint density at radius 2 is 2.06 bits per heavy atom. The number of nitrogens with zero attached hydrogens (tertiary/aromatic N) is 1. The second-order valence-electron chi connectivity index (χ2n) is 5.64. The van der Waals surface area contributed by atoms with Crippen molar-refractivity contribution in [3.8, 4) is 5.75 Å². The van der Waals surface area contributed by atoms with Gasteiger partial charge in [-0.15, -0.1) is 0 Å². The van der Waals surface area contributed by atoms with Gasteiger partial charge in [0.15, 0.2) is 0 Å². The first-order chi connectivity index (χ1) is 8.65. The smallest absolute Gasteiger partial charge is 0.119 e. The number of methoxy groups -OCH3 is 1. The van der Waals surface area contributed by atoms with E-state index in [-0.39, 0.29) is 0 Å². The lowest BCUT2D eigenvalue weighted by Crippen LogP contribution is -2.41. The van der Waals surface area contributed by atoms with Crippen molar-refractivity contribution in [3.05, 3.63) is 29.8 Å². The second-order valence-corrected chi connectivity index (χ2v) is 5.64. The molecule has 100 valence electrons. The fraction of sp³-hybridized carbons (Fsp3) is 0.600. The Bertz CT molecular complexity index is 384. The van der Waals surface area contributed by atoms with Crippen LogP contribution >= 0.6 is 0 Å². The summed E-state index contributed by atoms with van der Waals surface area (Å²) in [5.74, 6) is 0.941. The standard InChI is InChI=1S/C15H24N2O/c1-15(12-16)6-8-17(9-7-15)11-13-4-3-5-14(10-13)18-2/h3-5,10H,6-9,11-12,16H2,1-2H3. The molecule has 0 atom stereocenters. The van der Waals surface area contributed by atoms with E-state index in [1.54, 1.807) is 7.11 Å². The zero-order valence-electron chi connectivity index (χ0n) is 11.5. The predicted molar refractivity (Wildman–Crippen MR) is 74.7 cm³/mol. The van der Waals surface area contributed by atoms with Crippen molar-refractivity contribution in [2.45, 2.75) is 26.3 Å². The molecule has 0 unspecified atom stereocenters. The van der Waals surface area contributed by atoms with Crippen LogP contribution < -0.4 is 10.5 Å². The third-order valence-corrected chi connectivity index (χ3v) is 4.10. The third kappa shape index (κ3) is 3.24. The summed E-state index contributed by atoms with van der Waals surface area (Å²) >= 11 is 0. The van der Waals surface area contributed by atoms with Gasteiger partial charge in [0.05, 0.1) is 7.11 Å². The number of nitrogens with two attached hydrogens (primary N) is 1. The largest absolute Gasteiger partial charge is 0.497 e. The average molecular weight is 248 g/mol. The molecule has 0 saturated carbocycles. The van der Waals surface area contributed by atoms with Gasteiger partial charge in [-0.1, -0.05) is 19.1 Å². The van der Waals surface area contributed by atoms with E-state index in [4.69, 9.17) is 10.5 Å². The van der Waals surface area contributed by atoms with Crippen molar-refractivity contribution < 1.29 is 4.74 Å². The van der Waals surface area contributed by atoms with E-state index in [1.807, 2.05) is 6.07 Å². The molecule has 1 aliphatic heterocycles. The Hall–Kier alpha value is -1.06. The minimum atomic E-state index is 0.352. The van der Waals surface area contributed by atoms with E-state index < -0.39 is 0 Å². The highest BCUT2D eigenvalue weighted by molar-refractivity contribution is 5.28. The van der Waals surface area contributed by atoms with Gasteiger partial charge in [-0.3, -0.25) is 4.90 Å². The molecule has 1 aliphatic rings. The number of hydrogen-bond donors (Lipinski definition) is 1. The number of ether oxygens (including phenoxy) is 1. The molecule has 3 nitrogen and oxygen atoms in total. The van der Waals surface area contributed by atoms with Crippen LogP contribution in [0.25, 0.3) is 0 Å². The quantitative estimate of drug-likeness (QED) is 0.888. The van der Waals surface area contributed by atoms with E-state index in [2.05, 4.69) is 30.0 Å². The zero-order valence-corrected chi connectivity index (χ0v) is 11.5. The lowest BCUT2D eigenvalue weighted by molar-refractivity contribution is 0.119. The maximum atomic E-state index is 5.84. The second kappa shape index (κ2) is 5.72. The van der Waals surface area contributed by atoms with Gasteiger partial charge >= 0.3 is 0 Å². The Morgan fingerprint density at radius 1 is 1.33 bits per heavy atom. The molecule has 1 saturated heterocycles. The predicted octanol–water partition coefficient (Wildman–Crippen LogP) is 2.26. The Morgan fingerprint density at radius 3 is 2.67 bits per heavy atom. The van der Waals surface area contributed by atoms with Crippen molar-refractivity contribution in [2.75, 3.05) is 26.7 Å². The van der Waals surface area contributed by atoms with Crippen LogP contribution in [0.5, 0.6) is 5.75 Å². The van der Waals surface area contributed by atoms with Crippen molar-refractivity contribution in [1.82, 2.24) is 4.90 Å². The third-order valence-electron chi connectivity index (χ3n) is 4.10. The van der Waals surface area contributed by atoms with Gasteiger partial charge in [0.2, 0.25) is 0 Å². The summed E-state index contributed by atoms with van der Waals surface area (Å²) in [6, 6.07) is 8.34. The number of rotatable bonds is 4. The van der Waals surface area contributed by atoms with Gasteiger partial charge in [0.25, 0.3) is 0 Å². The van der Waals surface area contributed by atoms with Crippen molar-refractivity contribution in [2.24, 2.45) is 11.1 Å². The number of likely N-dealkylation sites (tertiary alicyclic amines) is 1. The summed E-state index contributed by atoms with van der Waals surface area (Å²) in [5.41, 5.74) is 7.52. The molecule has 1 fully saturated rings. The molecule has 3 heteroatoms. The zero-order chi connectivity index (χ0) is 13.0. The first kappa shape index (κ1) is 13.4. The monoisotopic (exact) mass is 248 g/mol. The molecule has 2 rings (SSSR count). The summed E-state index contributed by atoms with van der Waals surface area (Å²) in [5, 5.41) is 0. The first-order valence-electron chi connectivity index (χ1n) is 6.70. The van der Waals surface area contributed by atoms with Gasteiger partial charge in [0.1, 0.15) is 5.75 Å². The van der Waals surface area contributed by atoms with Crippen LogP contribution in [-0.4, -0.2) is 31.6 Å². The van der Waals surface area contributed by atoms with Crippen molar-refractivity contribution >= 4 is 0 Å². The van der Waals surface area contributed by atoms with Crippen LogP contribution in [-0.2, 0) is 6.54 Å². The summed E-state index contributed by atoms with van der Waals surface area (Å²) in [6.07, 6.45) is 2.40. The minimum Gasteiger partial charge on any atom is -0.497 e. The Balaban J connectivity index is 1.91. The summed E-state index contributed by atoms with van der Waals surface area (Å²) in [4.78, 5) is 2.51. The van der Waals surface area contributed by atoms with E-state index in [1.165, 1.54) is 18.4 Å². The van der Waals surface area contributed by atoms with Crippen molar-refractivity contribution in [3.63, 3.8) is 0 Å². The van der Waals surface area contributed by atoms with E-state index in [9.17, 15) is 0 Å². The maximum absolute atomic E-state index is 5.84. The van der Waals surface area contributed by atoms with Gasteiger partial charge in [-0.25, -0.2) is 0 Å². The highest BCUT2D eigenvalue weighted by Gasteiger charge is 2.28. The summed E-state index contributed by atoms with van der Waals surface area (Å²) < 4.78 is 5.26. The topological polar surface area (TPSA) is 38.5 Å². The van der Waals surface area contributed by atoms with E-state index in [0.717, 1.165) is 31.9 Å². The average Bonchev–Trinajstić information content (AvgIpc) is 2.42. The molecule has 18 heavy (non-hydrogen) atoms. The van der Waals surface area contributed by atoms with Gasteiger partial charge < -0.3 is 10.5 Å². The normalized spacial score (nSPS) is 19.7. The molecule has 0 radical (unpaired) electrons.